The first-order chi connectivity index (χ1) is 9.72. The summed E-state index contributed by atoms with van der Waals surface area (Å²) in [4.78, 5) is 14.0. The fourth-order valence-electron chi connectivity index (χ4n) is 1.87. The maximum atomic E-state index is 12.1. The monoisotopic (exact) mass is 307 g/mol. The lowest BCUT2D eigenvalue weighted by molar-refractivity contribution is 0.0940. The van der Waals surface area contributed by atoms with E-state index in [0.717, 1.165) is 9.77 Å². The number of hydrogen-bond acceptors (Lipinski definition) is 4. The van der Waals surface area contributed by atoms with Crippen LogP contribution in [0.5, 0.6) is 0 Å². The number of amides is 1. The molecule has 0 aliphatic rings. The lowest BCUT2D eigenvalue weighted by atomic mass is 10.2. The number of aliphatic hydroxyl groups is 1. The van der Waals surface area contributed by atoms with Gasteiger partial charge in [-0.3, -0.25) is 4.79 Å². The number of carbonyl (C=O) groups is 1. The molecule has 3 nitrogen and oxygen atoms in total. The van der Waals surface area contributed by atoms with Crippen LogP contribution in [0.4, 0.5) is 0 Å². The van der Waals surface area contributed by atoms with Gasteiger partial charge in [0.25, 0.3) is 5.91 Å². The second-order valence-electron chi connectivity index (χ2n) is 4.28. The maximum Gasteiger partial charge on any atom is 0.252 e. The molecule has 1 aromatic heterocycles. The van der Waals surface area contributed by atoms with Crippen LogP contribution in [0.25, 0.3) is 0 Å². The topological polar surface area (TPSA) is 49.3 Å². The number of aliphatic hydroxyl groups excluding tert-OH is 1. The zero-order valence-corrected chi connectivity index (χ0v) is 12.8. The Morgan fingerprint density at radius 3 is 2.85 bits per heavy atom. The highest BCUT2D eigenvalue weighted by molar-refractivity contribution is 7.98. The molecule has 1 amide bonds. The predicted molar refractivity (Wildman–Crippen MR) is 84.5 cm³/mol. The fourth-order valence-corrected chi connectivity index (χ4v) is 3.21. The van der Waals surface area contributed by atoms with Crippen LogP contribution in [0.2, 0.25) is 0 Å². The Morgan fingerprint density at radius 2 is 2.15 bits per heavy atom. The highest BCUT2D eigenvalue weighted by Crippen LogP contribution is 2.22. The maximum absolute atomic E-state index is 12.1. The molecule has 2 N–H and O–H groups in total. The van der Waals surface area contributed by atoms with E-state index in [1.807, 2.05) is 48.0 Å². The Morgan fingerprint density at radius 1 is 1.35 bits per heavy atom. The van der Waals surface area contributed by atoms with Gasteiger partial charge >= 0.3 is 0 Å². The summed E-state index contributed by atoms with van der Waals surface area (Å²) in [5.41, 5.74) is 0.686. The number of thiophene rings is 1. The predicted octanol–water partition coefficient (Wildman–Crippen LogP) is 3.32. The van der Waals surface area contributed by atoms with E-state index in [1.54, 1.807) is 11.8 Å². The zero-order chi connectivity index (χ0) is 14.4. The van der Waals surface area contributed by atoms with E-state index in [1.165, 1.54) is 11.3 Å². The van der Waals surface area contributed by atoms with Gasteiger partial charge in [0, 0.05) is 16.3 Å². The van der Waals surface area contributed by atoms with Crippen molar-refractivity contribution in [3.8, 4) is 0 Å². The molecule has 0 aliphatic heterocycles. The van der Waals surface area contributed by atoms with Crippen molar-refractivity contribution >= 4 is 29.0 Å². The molecule has 5 heteroatoms. The SMILES string of the molecule is CSc1ccccc1C(=O)NCCC(O)c1cccs1. The van der Waals surface area contributed by atoms with Crippen LogP contribution >= 0.6 is 23.1 Å². The van der Waals surface area contributed by atoms with Crippen LogP contribution in [0.15, 0.2) is 46.7 Å². The average Bonchev–Trinajstić information content (AvgIpc) is 3.01. The summed E-state index contributed by atoms with van der Waals surface area (Å²) < 4.78 is 0. The van der Waals surface area contributed by atoms with Gasteiger partial charge < -0.3 is 10.4 Å². The first-order valence-corrected chi connectivity index (χ1v) is 8.45. The van der Waals surface area contributed by atoms with E-state index in [0.29, 0.717) is 18.5 Å². The van der Waals surface area contributed by atoms with E-state index >= 15 is 0 Å². The molecule has 1 aromatic carbocycles. The van der Waals surface area contributed by atoms with Gasteiger partial charge in [0.15, 0.2) is 0 Å². The van der Waals surface area contributed by atoms with Gasteiger partial charge in [-0.15, -0.1) is 23.1 Å². The minimum absolute atomic E-state index is 0.0895. The third kappa shape index (κ3) is 3.85. The average molecular weight is 307 g/mol. The van der Waals surface area contributed by atoms with Crippen LogP contribution < -0.4 is 5.32 Å². The number of thioether (sulfide) groups is 1. The van der Waals surface area contributed by atoms with E-state index in [4.69, 9.17) is 0 Å². The highest BCUT2D eigenvalue weighted by Gasteiger charge is 2.12. The molecule has 106 valence electrons. The Labute approximate surface area is 127 Å². The number of benzene rings is 1. The molecule has 1 atom stereocenters. The summed E-state index contributed by atoms with van der Waals surface area (Å²) >= 11 is 3.08. The third-order valence-electron chi connectivity index (χ3n) is 2.93. The zero-order valence-electron chi connectivity index (χ0n) is 11.2. The number of nitrogens with one attached hydrogen (secondary N) is 1. The minimum Gasteiger partial charge on any atom is -0.388 e. The van der Waals surface area contributed by atoms with Crippen LogP contribution in [0.3, 0.4) is 0 Å². The summed E-state index contributed by atoms with van der Waals surface area (Å²) in [5, 5.41) is 14.7. The Bertz CT molecular complexity index is 555. The van der Waals surface area contributed by atoms with Crippen LogP contribution in [0.1, 0.15) is 27.8 Å². The summed E-state index contributed by atoms with van der Waals surface area (Å²) in [6.45, 7) is 0.459. The molecule has 0 aliphatic carbocycles. The summed E-state index contributed by atoms with van der Waals surface area (Å²) in [6.07, 6.45) is 1.96. The Kier molecular flexibility index (Phi) is 5.64. The smallest absolute Gasteiger partial charge is 0.252 e. The van der Waals surface area contributed by atoms with Crippen molar-refractivity contribution in [2.45, 2.75) is 17.4 Å². The molecule has 0 fully saturated rings. The summed E-state index contributed by atoms with van der Waals surface area (Å²) in [5.74, 6) is -0.0895. The molecule has 0 spiro atoms. The second-order valence-corrected chi connectivity index (χ2v) is 6.10. The van der Waals surface area contributed by atoms with Gasteiger partial charge in [0.05, 0.1) is 11.7 Å². The Balaban J connectivity index is 1.86. The fraction of sp³-hybridized carbons (Fsp3) is 0.267. The van der Waals surface area contributed by atoms with Crippen molar-refractivity contribution in [1.29, 1.82) is 0 Å². The van der Waals surface area contributed by atoms with Crippen molar-refractivity contribution in [3.63, 3.8) is 0 Å². The van der Waals surface area contributed by atoms with Crippen molar-refractivity contribution in [1.82, 2.24) is 5.32 Å². The first kappa shape index (κ1) is 15.1. The number of rotatable bonds is 6. The molecular formula is C15H17NO2S2. The second kappa shape index (κ2) is 7.47. The first-order valence-electron chi connectivity index (χ1n) is 6.35. The van der Waals surface area contributed by atoms with E-state index in [-0.39, 0.29) is 5.91 Å². The Hall–Kier alpha value is -1.30. The van der Waals surface area contributed by atoms with Gasteiger partial charge in [-0.25, -0.2) is 0 Å². The molecule has 0 radical (unpaired) electrons. The highest BCUT2D eigenvalue weighted by atomic mass is 32.2. The molecule has 2 rings (SSSR count). The van der Waals surface area contributed by atoms with Crippen LogP contribution in [0, 0.1) is 0 Å². The number of hydrogen-bond donors (Lipinski definition) is 2. The lowest BCUT2D eigenvalue weighted by Gasteiger charge is -2.11. The van der Waals surface area contributed by atoms with Gasteiger partial charge in [-0.2, -0.15) is 0 Å². The molecule has 20 heavy (non-hydrogen) atoms. The van der Waals surface area contributed by atoms with Crippen molar-refractivity contribution in [3.05, 3.63) is 52.2 Å². The van der Waals surface area contributed by atoms with Gasteiger partial charge in [0.1, 0.15) is 0 Å². The molecule has 0 bridgehead atoms. The van der Waals surface area contributed by atoms with Gasteiger partial charge in [-0.05, 0) is 36.3 Å². The molecule has 1 unspecified atom stereocenters. The minimum atomic E-state index is -0.508. The molecule has 0 saturated heterocycles. The molecule has 1 heterocycles. The summed E-state index contributed by atoms with van der Waals surface area (Å²) in [6, 6.07) is 11.3. The number of carbonyl (C=O) groups excluding carboxylic acids is 1. The van der Waals surface area contributed by atoms with Crippen molar-refractivity contribution in [2.24, 2.45) is 0 Å². The van der Waals surface area contributed by atoms with E-state index in [2.05, 4.69) is 5.32 Å². The van der Waals surface area contributed by atoms with Gasteiger partial charge in [-0.1, -0.05) is 18.2 Å². The quantitative estimate of drug-likeness (QED) is 0.805. The summed E-state index contributed by atoms with van der Waals surface area (Å²) in [7, 11) is 0. The van der Waals surface area contributed by atoms with E-state index < -0.39 is 6.10 Å². The largest absolute Gasteiger partial charge is 0.388 e. The van der Waals surface area contributed by atoms with Crippen molar-refractivity contribution < 1.29 is 9.90 Å². The molecule has 0 saturated carbocycles. The molecule has 2 aromatic rings. The van der Waals surface area contributed by atoms with Crippen LogP contribution in [-0.4, -0.2) is 23.8 Å². The lowest BCUT2D eigenvalue weighted by Crippen LogP contribution is -2.26. The van der Waals surface area contributed by atoms with Gasteiger partial charge in [0.2, 0.25) is 0 Å². The standard InChI is InChI=1S/C15H17NO2S2/c1-19-13-6-3-2-5-11(13)15(18)16-9-8-12(17)14-7-4-10-20-14/h2-7,10,12,17H,8-9H2,1H3,(H,16,18). The third-order valence-corrected chi connectivity index (χ3v) is 4.70. The van der Waals surface area contributed by atoms with Crippen LogP contribution in [-0.2, 0) is 0 Å². The molecular weight excluding hydrogens is 290 g/mol. The van der Waals surface area contributed by atoms with E-state index in [9.17, 15) is 9.90 Å². The normalized spacial score (nSPS) is 12.1. The van der Waals surface area contributed by atoms with Crippen molar-refractivity contribution in [2.75, 3.05) is 12.8 Å².